The van der Waals surface area contributed by atoms with Gasteiger partial charge in [-0.2, -0.15) is 0 Å². The van der Waals surface area contributed by atoms with Crippen LogP contribution in [-0.4, -0.2) is 14.2 Å². The predicted molar refractivity (Wildman–Crippen MR) is 77.6 cm³/mol. The summed E-state index contributed by atoms with van der Waals surface area (Å²) in [6.07, 6.45) is 0.826. The van der Waals surface area contributed by atoms with E-state index in [4.69, 9.17) is 4.74 Å². The average Bonchev–Trinajstić information content (AvgIpc) is 2.45. The minimum absolute atomic E-state index is 0.0813. The molecule has 1 aliphatic rings. The fourth-order valence-electron chi connectivity index (χ4n) is 3.12. The number of rotatable bonds is 4. The van der Waals surface area contributed by atoms with Gasteiger partial charge in [0.05, 0.1) is 7.11 Å². The highest BCUT2D eigenvalue weighted by atomic mass is 19.1. The molecule has 110 valence electrons. The van der Waals surface area contributed by atoms with Crippen LogP contribution in [0.3, 0.4) is 0 Å². The highest BCUT2D eigenvalue weighted by Crippen LogP contribution is 2.44. The number of halogens is 2. The summed E-state index contributed by atoms with van der Waals surface area (Å²) in [4.78, 5) is 0. The Labute approximate surface area is 122 Å². The summed E-state index contributed by atoms with van der Waals surface area (Å²) in [5.74, 6) is -0.868. The standard InChI is InChI=1S/C17H17F2NO/c1-20-17(13-7-10-5-3-4-6-12(10)13)16-14(18)8-11(21-2)9-15(16)19/h3-6,8-9,13,17,20H,7H2,1-2H3. The molecule has 2 aromatic carbocycles. The quantitative estimate of drug-likeness (QED) is 0.929. The summed E-state index contributed by atoms with van der Waals surface area (Å²) < 4.78 is 33.4. The zero-order chi connectivity index (χ0) is 15.0. The lowest BCUT2D eigenvalue weighted by Gasteiger charge is -2.37. The number of nitrogens with one attached hydrogen (secondary N) is 1. The van der Waals surface area contributed by atoms with Crippen LogP contribution in [0.2, 0.25) is 0 Å². The second kappa shape index (κ2) is 5.45. The third-order valence-electron chi connectivity index (χ3n) is 4.21. The van der Waals surface area contributed by atoms with Crippen molar-refractivity contribution in [3.05, 3.63) is 64.7 Å². The van der Waals surface area contributed by atoms with Gasteiger partial charge in [0.25, 0.3) is 0 Å². The van der Waals surface area contributed by atoms with Crippen LogP contribution in [0.4, 0.5) is 8.78 Å². The topological polar surface area (TPSA) is 21.3 Å². The number of ether oxygens (including phenoxy) is 1. The molecule has 0 heterocycles. The molecule has 0 aromatic heterocycles. The van der Waals surface area contributed by atoms with Crippen molar-refractivity contribution < 1.29 is 13.5 Å². The molecule has 4 heteroatoms. The fourth-order valence-corrected chi connectivity index (χ4v) is 3.12. The molecule has 0 saturated carbocycles. The summed E-state index contributed by atoms with van der Waals surface area (Å²) in [5.41, 5.74) is 2.49. The van der Waals surface area contributed by atoms with Gasteiger partial charge in [0.2, 0.25) is 0 Å². The molecule has 0 spiro atoms. The highest BCUT2D eigenvalue weighted by molar-refractivity contribution is 5.44. The van der Waals surface area contributed by atoms with E-state index in [1.165, 1.54) is 24.8 Å². The van der Waals surface area contributed by atoms with Crippen LogP contribution >= 0.6 is 0 Å². The number of likely N-dealkylation sites (N-methyl/N-ethyl adjacent to an activating group) is 1. The highest BCUT2D eigenvalue weighted by Gasteiger charge is 2.35. The molecule has 0 fully saturated rings. The first-order chi connectivity index (χ1) is 10.2. The Morgan fingerprint density at radius 2 is 1.86 bits per heavy atom. The minimum Gasteiger partial charge on any atom is -0.497 e. The lowest BCUT2D eigenvalue weighted by Crippen LogP contribution is -2.32. The molecule has 2 nitrogen and oxygen atoms in total. The van der Waals surface area contributed by atoms with Crippen molar-refractivity contribution in [2.45, 2.75) is 18.4 Å². The second-order valence-electron chi connectivity index (χ2n) is 5.28. The smallest absolute Gasteiger partial charge is 0.134 e. The zero-order valence-corrected chi connectivity index (χ0v) is 12.0. The van der Waals surface area contributed by atoms with Gasteiger partial charge in [-0.05, 0) is 24.6 Å². The molecular weight excluding hydrogens is 272 g/mol. The molecule has 0 saturated heterocycles. The van der Waals surface area contributed by atoms with E-state index in [0.29, 0.717) is 0 Å². The SMILES string of the molecule is CNC(c1c(F)cc(OC)cc1F)C1Cc2ccccc21. The Morgan fingerprint density at radius 3 is 2.43 bits per heavy atom. The van der Waals surface area contributed by atoms with Crippen molar-refractivity contribution in [2.24, 2.45) is 0 Å². The molecule has 21 heavy (non-hydrogen) atoms. The van der Waals surface area contributed by atoms with Crippen LogP contribution in [0.25, 0.3) is 0 Å². The van der Waals surface area contributed by atoms with Crippen molar-refractivity contribution in [2.75, 3.05) is 14.2 Å². The molecule has 2 unspecified atom stereocenters. The second-order valence-corrected chi connectivity index (χ2v) is 5.28. The molecule has 0 aliphatic heterocycles. The zero-order valence-electron chi connectivity index (χ0n) is 12.0. The summed E-state index contributed by atoms with van der Waals surface area (Å²) in [6, 6.07) is 10.1. The van der Waals surface area contributed by atoms with Gasteiger partial charge in [-0.25, -0.2) is 8.78 Å². The number of methoxy groups -OCH3 is 1. The third-order valence-corrected chi connectivity index (χ3v) is 4.21. The number of fused-ring (bicyclic) bond motifs is 1. The van der Waals surface area contributed by atoms with E-state index in [2.05, 4.69) is 11.4 Å². The van der Waals surface area contributed by atoms with Gasteiger partial charge >= 0.3 is 0 Å². The van der Waals surface area contributed by atoms with Gasteiger partial charge < -0.3 is 10.1 Å². The van der Waals surface area contributed by atoms with Gasteiger partial charge in [-0.15, -0.1) is 0 Å². The number of hydrogen-bond acceptors (Lipinski definition) is 2. The van der Waals surface area contributed by atoms with Gasteiger partial charge in [0.1, 0.15) is 17.4 Å². The molecule has 0 amide bonds. The van der Waals surface area contributed by atoms with Crippen LogP contribution in [0, 0.1) is 11.6 Å². The Hall–Kier alpha value is -1.94. The van der Waals surface area contributed by atoms with Crippen molar-refractivity contribution >= 4 is 0 Å². The first-order valence-electron chi connectivity index (χ1n) is 6.93. The van der Waals surface area contributed by atoms with Gasteiger partial charge in [-0.3, -0.25) is 0 Å². The summed E-state index contributed by atoms with van der Waals surface area (Å²) in [5, 5.41) is 3.06. The molecule has 0 bridgehead atoms. The van der Waals surface area contributed by atoms with E-state index in [0.717, 1.165) is 12.0 Å². The lowest BCUT2D eigenvalue weighted by molar-refractivity contribution is 0.385. The molecule has 0 radical (unpaired) electrons. The maximum Gasteiger partial charge on any atom is 0.134 e. The van der Waals surface area contributed by atoms with Gasteiger partial charge in [-0.1, -0.05) is 24.3 Å². The fraction of sp³-hybridized carbons (Fsp3) is 0.294. The first kappa shape index (κ1) is 14.0. The first-order valence-corrected chi connectivity index (χ1v) is 6.93. The largest absolute Gasteiger partial charge is 0.497 e. The van der Waals surface area contributed by atoms with Crippen molar-refractivity contribution in [1.82, 2.24) is 5.32 Å². The van der Waals surface area contributed by atoms with Crippen LogP contribution in [-0.2, 0) is 6.42 Å². The Morgan fingerprint density at radius 1 is 1.19 bits per heavy atom. The van der Waals surface area contributed by atoms with E-state index >= 15 is 0 Å². The van der Waals surface area contributed by atoms with E-state index in [1.54, 1.807) is 7.05 Å². The summed E-state index contributed by atoms with van der Waals surface area (Å²) >= 11 is 0. The molecule has 1 N–H and O–H groups in total. The normalized spacial score (nSPS) is 17.8. The van der Waals surface area contributed by atoms with Crippen LogP contribution in [0.5, 0.6) is 5.75 Å². The summed E-state index contributed by atoms with van der Waals surface area (Å²) in [6.45, 7) is 0. The number of hydrogen-bond donors (Lipinski definition) is 1. The van der Waals surface area contributed by atoms with E-state index < -0.39 is 11.6 Å². The van der Waals surface area contributed by atoms with Crippen molar-refractivity contribution in [3.63, 3.8) is 0 Å². The van der Waals surface area contributed by atoms with Crippen molar-refractivity contribution in [1.29, 1.82) is 0 Å². The molecule has 1 aliphatic carbocycles. The minimum atomic E-state index is -0.574. The maximum atomic E-state index is 14.3. The van der Waals surface area contributed by atoms with Crippen LogP contribution < -0.4 is 10.1 Å². The average molecular weight is 289 g/mol. The summed E-state index contributed by atoms with van der Waals surface area (Å²) in [7, 11) is 3.13. The monoisotopic (exact) mass is 289 g/mol. The Kier molecular flexibility index (Phi) is 3.64. The Balaban J connectivity index is 1.99. The van der Waals surface area contributed by atoms with Gasteiger partial charge in [0, 0.05) is 29.7 Å². The van der Waals surface area contributed by atoms with Crippen LogP contribution in [0.15, 0.2) is 36.4 Å². The lowest BCUT2D eigenvalue weighted by atomic mass is 9.71. The molecular formula is C17H17F2NO. The van der Waals surface area contributed by atoms with Crippen molar-refractivity contribution in [3.8, 4) is 5.75 Å². The predicted octanol–water partition coefficient (Wildman–Crippen LogP) is 3.57. The van der Waals surface area contributed by atoms with Crippen LogP contribution in [0.1, 0.15) is 28.7 Å². The molecule has 2 atom stereocenters. The maximum absolute atomic E-state index is 14.3. The van der Waals surface area contributed by atoms with E-state index in [-0.39, 0.29) is 23.3 Å². The third kappa shape index (κ3) is 2.29. The van der Waals surface area contributed by atoms with Gasteiger partial charge in [0.15, 0.2) is 0 Å². The van der Waals surface area contributed by atoms with E-state index in [1.807, 2.05) is 18.2 Å². The number of benzene rings is 2. The Bertz CT molecular complexity index is 649. The molecule has 2 aromatic rings. The molecule has 3 rings (SSSR count). The van der Waals surface area contributed by atoms with E-state index in [9.17, 15) is 8.78 Å².